The second-order valence-electron chi connectivity index (χ2n) is 7.59. The fraction of sp³-hybridized carbons (Fsp3) is 0.292. The number of hydrogen-bond acceptors (Lipinski definition) is 4. The van der Waals surface area contributed by atoms with E-state index in [9.17, 15) is 9.18 Å². The van der Waals surface area contributed by atoms with Gasteiger partial charge in [0.25, 0.3) is 0 Å². The van der Waals surface area contributed by atoms with Crippen molar-refractivity contribution in [3.8, 4) is 11.1 Å². The molecule has 0 radical (unpaired) electrons. The molecule has 1 amide bonds. The van der Waals surface area contributed by atoms with Gasteiger partial charge in [-0.25, -0.2) is 14.4 Å². The van der Waals surface area contributed by atoms with Crippen molar-refractivity contribution in [2.75, 3.05) is 24.5 Å². The first-order valence-corrected chi connectivity index (χ1v) is 10.3. The van der Waals surface area contributed by atoms with Gasteiger partial charge in [0, 0.05) is 37.6 Å². The Morgan fingerprint density at radius 1 is 1.03 bits per heavy atom. The molecule has 30 heavy (non-hydrogen) atoms. The van der Waals surface area contributed by atoms with Gasteiger partial charge in [0.2, 0.25) is 11.9 Å². The predicted octanol–water partition coefficient (Wildman–Crippen LogP) is 3.86. The molecule has 0 bridgehead atoms. The Bertz CT molecular complexity index is 961. The Balaban J connectivity index is 1.33. The number of nitrogens with one attached hydrogen (secondary N) is 1. The van der Waals surface area contributed by atoms with Crippen LogP contribution < -0.4 is 10.2 Å². The van der Waals surface area contributed by atoms with Crippen LogP contribution in [-0.2, 0) is 11.2 Å². The highest BCUT2D eigenvalue weighted by atomic mass is 19.1. The van der Waals surface area contributed by atoms with Gasteiger partial charge >= 0.3 is 0 Å². The summed E-state index contributed by atoms with van der Waals surface area (Å²) in [6.07, 6.45) is 6.14. The van der Waals surface area contributed by atoms with Gasteiger partial charge < -0.3 is 10.2 Å². The molecule has 2 heterocycles. The molecule has 0 aliphatic carbocycles. The summed E-state index contributed by atoms with van der Waals surface area (Å²) in [5.74, 6) is 0.397. The van der Waals surface area contributed by atoms with E-state index in [-0.39, 0.29) is 17.6 Å². The first-order chi connectivity index (χ1) is 14.7. The minimum Gasteiger partial charge on any atom is -0.355 e. The van der Waals surface area contributed by atoms with Crippen LogP contribution in [0.25, 0.3) is 11.1 Å². The summed E-state index contributed by atoms with van der Waals surface area (Å²) in [6.45, 7) is 2.10. The van der Waals surface area contributed by atoms with Crippen molar-refractivity contribution in [3.63, 3.8) is 0 Å². The molecule has 1 aliphatic heterocycles. The number of anilines is 1. The van der Waals surface area contributed by atoms with Gasteiger partial charge in [-0.1, -0.05) is 42.5 Å². The van der Waals surface area contributed by atoms with E-state index in [1.54, 1.807) is 24.5 Å². The quantitative estimate of drug-likeness (QED) is 0.678. The zero-order valence-corrected chi connectivity index (χ0v) is 16.8. The second kappa shape index (κ2) is 9.48. The summed E-state index contributed by atoms with van der Waals surface area (Å²) in [5, 5.41) is 3.07. The molecule has 1 N–H and O–H groups in total. The molecule has 5 nitrogen and oxygen atoms in total. The minimum atomic E-state index is -0.266. The van der Waals surface area contributed by atoms with Gasteiger partial charge in [-0.3, -0.25) is 4.79 Å². The van der Waals surface area contributed by atoms with Crippen molar-refractivity contribution >= 4 is 11.9 Å². The molecule has 0 saturated carbocycles. The standard InChI is InChI=1S/C24H25FN4O/c25-22-10-8-19(9-11-22)21-15-27-24(28-16-21)29-14-4-7-20(17-29)23(30)26-13-12-18-5-2-1-3-6-18/h1-3,5-6,8-11,15-16,20H,4,7,12-14,17H2,(H,26,30)/t20-/m0/s1. The van der Waals surface area contributed by atoms with Crippen LogP contribution >= 0.6 is 0 Å². The van der Waals surface area contributed by atoms with Crippen LogP contribution in [0.2, 0.25) is 0 Å². The maximum absolute atomic E-state index is 13.1. The first-order valence-electron chi connectivity index (χ1n) is 10.3. The molecule has 154 valence electrons. The Labute approximate surface area is 176 Å². The van der Waals surface area contributed by atoms with E-state index in [2.05, 4.69) is 32.3 Å². The van der Waals surface area contributed by atoms with E-state index in [4.69, 9.17) is 0 Å². The van der Waals surface area contributed by atoms with Crippen molar-refractivity contribution in [2.45, 2.75) is 19.3 Å². The van der Waals surface area contributed by atoms with Gasteiger partial charge in [-0.15, -0.1) is 0 Å². The third-order valence-electron chi connectivity index (χ3n) is 5.45. The Hall–Kier alpha value is -3.28. The number of benzene rings is 2. The summed E-state index contributed by atoms with van der Waals surface area (Å²) in [5.41, 5.74) is 2.93. The van der Waals surface area contributed by atoms with Gasteiger partial charge in [0.05, 0.1) is 5.92 Å². The molecule has 1 aromatic heterocycles. The lowest BCUT2D eigenvalue weighted by Crippen LogP contribution is -2.44. The van der Waals surface area contributed by atoms with E-state index in [0.29, 0.717) is 19.0 Å². The summed E-state index contributed by atoms with van der Waals surface area (Å²) >= 11 is 0. The number of aromatic nitrogens is 2. The van der Waals surface area contributed by atoms with E-state index >= 15 is 0 Å². The highest BCUT2D eigenvalue weighted by Crippen LogP contribution is 2.23. The summed E-state index contributed by atoms with van der Waals surface area (Å²) in [7, 11) is 0. The van der Waals surface area contributed by atoms with Gasteiger partial charge in [0.15, 0.2) is 0 Å². The normalized spacial score (nSPS) is 16.3. The molecular formula is C24H25FN4O. The molecule has 3 aromatic rings. The summed E-state index contributed by atoms with van der Waals surface area (Å²) in [6, 6.07) is 16.4. The molecule has 1 saturated heterocycles. The number of piperidine rings is 1. The number of halogens is 1. The molecule has 4 rings (SSSR count). The molecule has 0 spiro atoms. The second-order valence-corrected chi connectivity index (χ2v) is 7.59. The summed E-state index contributed by atoms with van der Waals surface area (Å²) in [4.78, 5) is 23.7. The highest BCUT2D eigenvalue weighted by molar-refractivity contribution is 5.79. The third-order valence-corrected chi connectivity index (χ3v) is 5.45. The zero-order valence-electron chi connectivity index (χ0n) is 16.8. The maximum Gasteiger partial charge on any atom is 0.225 e. The van der Waals surface area contributed by atoms with Crippen molar-refractivity contribution in [2.24, 2.45) is 5.92 Å². The van der Waals surface area contributed by atoms with Crippen molar-refractivity contribution in [1.82, 2.24) is 15.3 Å². The maximum atomic E-state index is 13.1. The smallest absolute Gasteiger partial charge is 0.225 e. The number of nitrogens with zero attached hydrogens (tertiary/aromatic N) is 3. The topological polar surface area (TPSA) is 58.1 Å². The lowest BCUT2D eigenvalue weighted by molar-refractivity contribution is -0.125. The average molecular weight is 404 g/mol. The van der Waals surface area contributed by atoms with E-state index < -0.39 is 0 Å². The number of rotatable bonds is 6. The number of amides is 1. The molecule has 1 fully saturated rings. The fourth-order valence-corrected chi connectivity index (χ4v) is 3.77. The Morgan fingerprint density at radius 3 is 2.50 bits per heavy atom. The van der Waals surface area contributed by atoms with Gasteiger partial charge in [-0.2, -0.15) is 0 Å². The van der Waals surface area contributed by atoms with Crippen LogP contribution in [0.1, 0.15) is 18.4 Å². The van der Waals surface area contributed by atoms with Gasteiger partial charge in [0.1, 0.15) is 5.82 Å². The minimum absolute atomic E-state index is 0.0603. The Morgan fingerprint density at radius 2 is 1.77 bits per heavy atom. The van der Waals surface area contributed by atoms with Crippen LogP contribution in [0, 0.1) is 11.7 Å². The molecule has 1 aliphatic rings. The number of carbonyl (C=O) groups excluding carboxylic acids is 1. The third kappa shape index (κ3) is 5.00. The van der Waals surface area contributed by atoms with Crippen LogP contribution in [0.15, 0.2) is 67.0 Å². The van der Waals surface area contributed by atoms with E-state index in [1.807, 2.05) is 18.2 Å². The molecule has 6 heteroatoms. The largest absolute Gasteiger partial charge is 0.355 e. The molecule has 1 atom stereocenters. The van der Waals surface area contributed by atoms with Crippen LogP contribution in [-0.4, -0.2) is 35.5 Å². The Kier molecular flexibility index (Phi) is 6.32. The highest BCUT2D eigenvalue weighted by Gasteiger charge is 2.26. The predicted molar refractivity (Wildman–Crippen MR) is 116 cm³/mol. The van der Waals surface area contributed by atoms with Crippen molar-refractivity contribution < 1.29 is 9.18 Å². The number of carbonyl (C=O) groups is 1. The van der Waals surface area contributed by atoms with Crippen molar-refractivity contribution in [3.05, 3.63) is 78.4 Å². The molecule has 2 aromatic carbocycles. The van der Waals surface area contributed by atoms with Crippen LogP contribution in [0.3, 0.4) is 0 Å². The average Bonchev–Trinajstić information content (AvgIpc) is 2.80. The lowest BCUT2D eigenvalue weighted by Gasteiger charge is -2.32. The SMILES string of the molecule is O=C(NCCc1ccccc1)[C@H]1CCCN(c2ncc(-c3ccc(F)cc3)cn2)C1. The monoisotopic (exact) mass is 404 g/mol. The zero-order chi connectivity index (χ0) is 20.8. The lowest BCUT2D eigenvalue weighted by atomic mass is 9.97. The number of hydrogen-bond donors (Lipinski definition) is 1. The van der Waals surface area contributed by atoms with E-state index in [0.717, 1.165) is 36.9 Å². The summed E-state index contributed by atoms with van der Waals surface area (Å²) < 4.78 is 13.1. The molecule has 0 unspecified atom stereocenters. The van der Waals surface area contributed by atoms with Crippen molar-refractivity contribution in [1.29, 1.82) is 0 Å². The van der Waals surface area contributed by atoms with Gasteiger partial charge in [-0.05, 0) is 42.5 Å². The van der Waals surface area contributed by atoms with E-state index in [1.165, 1.54) is 17.7 Å². The van der Waals surface area contributed by atoms with Crippen LogP contribution in [0.4, 0.5) is 10.3 Å². The molecular weight excluding hydrogens is 379 g/mol. The fourth-order valence-electron chi connectivity index (χ4n) is 3.77. The van der Waals surface area contributed by atoms with Crippen LogP contribution in [0.5, 0.6) is 0 Å². The first kappa shape index (κ1) is 20.0.